The molecule has 1 aromatic rings. The first-order chi connectivity index (χ1) is 8.34. The molecule has 0 amide bonds. The first-order valence-electron chi connectivity index (χ1n) is 6.08. The SMILES string of the molecule is Ic1cc(CNCCCN2CCOCC2)cs1. The minimum atomic E-state index is 0.904. The van der Waals surface area contributed by atoms with Crippen LogP contribution in [0.5, 0.6) is 0 Å². The summed E-state index contributed by atoms with van der Waals surface area (Å²) in [7, 11) is 0. The Labute approximate surface area is 121 Å². The van der Waals surface area contributed by atoms with Crippen LogP contribution >= 0.6 is 33.9 Å². The fourth-order valence-electron chi connectivity index (χ4n) is 1.92. The highest BCUT2D eigenvalue weighted by Gasteiger charge is 2.08. The molecule has 0 saturated carbocycles. The minimum absolute atomic E-state index is 0.904. The zero-order valence-electron chi connectivity index (χ0n) is 9.95. The van der Waals surface area contributed by atoms with Crippen LogP contribution in [0, 0.1) is 2.88 Å². The number of ether oxygens (including phenoxy) is 1. The molecule has 5 heteroatoms. The molecule has 0 aromatic carbocycles. The number of nitrogens with zero attached hydrogens (tertiary/aromatic N) is 1. The molecule has 0 atom stereocenters. The average molecular weight is 366 g/mol. The lowest BCUT2D eigenvalue weighted by atomic mass is 10.3. The second-order valence-electron chi connectivity index (χ2n) is 4.24. The van der Waals surface area contributed by atoms with Crippen molar-refractivity contribution in [3.63, 3.8) is 0 Å². The quantitative estimate of drug-likeness (QED) is 0.617. The number of morpholine rings is 1. The third-order valence-corrected chi connectivity index (χ3v) is 4.72. The van der Waals surface area contributed by atoms with Crippen molar-refractivity contribution < 1.29 is 4.74 Å². The summed E-state index contributed by atoms with van der Waals surface area (Å²) in [6, 6.07) is 2.25. The average Bonchev–Trinajstić information content (AvgIpc) is 2.76. The van der Waals surface area contributed by atoms with Crippen LogP contribution in [-0.2, 0) is 11.3 Å². The highest BCUT2D eigenvalue weighted by molar-refractivity contribution is 14.1. The van der Waals surface area contributed by atoms with Crippen molar-refractivity contribution in [1.29, 1.82) is 0 Å². The van der Waals surface area contributed by atoms with Gasteiger partial charge in [0.15, 0.2) is 0 Å². The summed E-state index contributed by atoms with van der Waals surface area (Å²) in [6.07, 6.45) is 1.22. The predicted octanol–water partition coefficient (Wildman–Crippen LogP) is 2.16. The maximum atomic E-state index is 5.33. The lowest BCUT2D eigenvalue weighted by Crippen LogP contribution is -2.37. The van der Waals surface area contributed by atoms with Crippen molar-refractivity contribution in [2.45, 2.75) is 13.0 Å². The van der Waals surface area contributed by atoms with Crippen molar-refractivity contribution in [1.82, 2.24) is 10.2 Å². The molecule has 96 valence electrons. The molecule has 0 radical (unpaired) electrons. The second kappa shape index (κ2) is 7.68. The Balaban J connectivity index is 1.51. The van der Waals surface area contributed by atoms with Gasteiger partial charge in [0.25, 0.3) is 0 Å². The summed E-state index contributed by atoms with van der Waals surface area (Å²) >= 11 is 4.19. The van der Waals surface area contributed by atoms with Gasteiger partial charge in [-0.15, -0.1) is 11.3 Å². The Morgan fingerprint density at radius 2 is 2.24 bits per heavy atom. The van der Waals surface area contributed by atoms with E-state index in [1.807, 2.05) is 11.3 Å². The van der Waals surface area contributed by atoms with Gasteiger partial charge in [0.1, 0.15) is 0 Å². The fourth-order valence-corrected chi connectivity index (χ4v) is 3.34. The molecule has 3 nitrogen and oxygen atoms in total. The zero-order chi connectivity index (χ0) is 11.9. The molecule has 1 N–H and O–H groups in total. The Hall–Kier alpha value is 0.310. The molecule has 1 aromatic heterocycles. The maximum Gasteiger partial charge on any atom is 0.0656 e. The van der Waals surface area contributed by atoms with Gasteiger partial charge in [0.05, 0.1) is 16.1 Å². The molecule has 1 saturated heterocycles. The normalized spacial score (nSPS) is 17.5. The van der Waals surface area contributed by atoms with E-state index in [2.05, 4.69) is 44.3 Å². The molecule has 0 unspecified atom stereocenters. The topological polar surface area (TPSA) is 24.5 Å². The van der Waals surface area contributed by atoms with Crippen LogP contribution < -0.4 is 5.32 Å². The fraction of sp³-hybridized carbons (Fsp3) is 0.667. The number of rotatable bonds is 6. The summed E-state index contributed by atoms with van der Waals surface area (Å²) < 4.78 is 6.70. The lowest BCUT2D eigenvalue weighted by Gasteiger charge is -2.26. The van der Waals surface area contributed by atoms with Crippen LogP contribution in [0.4, 0.5) is 0 Å². The van der Waals surface area contributed by atoms with E-state index in [-0.39, 0.29) is 0 Å². The molecule has 1 fully saturated rings. The summed E-state index contributed by atoms with van der Waals surface area (Å²) in [5, 5.41) is 5.73. The van der Waals surface area contributed by atoms with Crippen LogP contribution in [0.3, 0.4) is 0 Å². The molecular weight excluding hydrogens is 347 g/mol. The van der Waals surface area contributed by atoms with Crippen LogP contribution in [0.25, 0.3) is 0 Å². The van der Waals surface area contributed by atoms with Gasteiger partial charge < -0.3 is 10.1 Å². The van der Waals surface area contributed by atoms with Gasteiger partial charge in [0.2, 0.25) is 0 Å². The van der Waals surface area contributed by atoms with Crippen LogP contribution in [0.2, 0.25) is 0 Å². The van der Waals surface area contributed by atoms with E-state index < -0.39 is 0 Å². The predicted molar refractivity (Wildman–Crippen MR) is 80.6 cm³/mol. The Bertz CT molecular complexity index is 326. The third kappa shape index (κ3) is 5.21. The van der Waals surface area contributed by atoms with Crippen molar-refractivity contribution in [3.05, 3.63) is 19.9 Å². The molecule has 0 spiro atoms. The first-order valence-corrected chi connectivity index (χ1v) is 8.04. The van der Waals surface area contributed by atoms with Gasteiger partial charge in [-0.25, -0.2) is 0 Å². The van der Waals surface area contributed by atoms with Gasteiger partial charge in [-0.05, 0) is 59.1 Å². The number of nitrogens with one attached hydrogen (secondary N) is 1. The number of halogens is 1. The van der Waals surface area contributed by atoms with Gasteiger partial charge in [-0.2, -0.15) is 0 Å². The molecule has 1 aliphatic heterocycles. The molecule has 2 heterocycles. The maximum absolute atomic E-state index is 5.33. The van der Waals surface area contributed by atoms with E-state index in [1.165, 1.54) is 21.4 Å². The summed E-state index contributed by atoms with van der Waals surface area (Å²) in [5.74, 6) is 0. The van der Waals surface area contributed by atoms with E-state index in [1.54, 1.807) is 0 Å². The van der Waals surface area contributed by atoms with Gasteiger partial charge >= 0.3 is 0 Å². The highest BCUT2D eigenvalue weighted by Crippen LogP contribution is 2.16. The second-order valence-corrected chi connectivity index (χ2v) is 7.05. The summed E-state index contributed by atoms with van der Waals surface area (Å²) in [6.45, 7) is 7.30. The molecule has 1 aliphatic rings. The monoisotopic (exact) mass is 366 g/mol. The molecule has 2 rings (SSSR count). The Morgan fingerprint density at radius 3 is 2.94 bits per heavy atom. The van der Waals surface area contributed by atoms with E-state index in [0.717, 1.165) is 39.4 Å². The number of hydrogen-bond acceptors (Lipinski definition) is 4. The van der Waals surface area contributed by atoms with E-state index in [4.69, 9.17) is 4.74 Å². The van der Waals surface area contributed by atoms with Crippen LogP contribution in [0.1, 0.15) is 12.0 Å². The van der Waals surface area contributed by atoms with Gasteiger partial charge in [-0.3, -0.25) is 4.90 Å². The Kier molecular flexibility index (Phi) is 6.21. The first kappa shape index (κ1) is 13.7. The van der Waals surface area contributed by atoms with E-state index >= 15 is 0 Å². The smallest absolute Gasteiger partial charge is 0.0656 e. The van der Waals surface area contributed by atoms with E-state index in [0.29, 0.717) is 0 Å². The summed E-state index contributed by atoms with van der Waals surface area (Å²) in [5.41, 5.74) is 1.41. The van der Waals surface area contributed by atoms with Crippen LogP contribution in [0.15, 0.2) is 11.4 Å². The highest BCUT2D eigenvalue weighted by atomic mass is 127. The molecule has 0 bridgehead atoms. The summed E-state index contributed by atoms with van der Waals surface area (Å²) in [4.78, 5) is 2.48. The van der Waals surface area contributed by atoms with Gasteiger partial charge in [-0.1, -0.05) is 0 Å². The number of thiophene rings is 1. The van der Waals surface area contributed by atoms with E-state index in [9.17, 15) is 0 Å². The largest absolute Gasteiger partial charge is 0.379 e. The van der Waals surface area contributed by atoms with Crippen LogP contribution in [-0.4, -0.2) is 44.3 Å². The van der Waals surface area contributed by atoms with Crippen molar-refractivity contribution in [2.75, 3.05) is 39.4 Å². The lowest BCUT2D eigenvalue weighted by molar-refractivity contribution is 0.0374. The standard InChI is InChI=1S/C12H19IN2OS/c13-12-8-11(10-17-12)9-14-2-1-3-15-4-6-16-7-5-15/h8,10,14H,1-7,9H2. The van der Waals surface area contributed by atoms with Crippen molar-refractivity contribution in [3.8, 4) is 0 Å². The Morgan fingerprint density at radius 1 is 1.41 bits per heavy atom. The molecule has 0 aliphatic carbocycles. The minimum Gasteiger partial charge on any atom is -0.379 e. The van der Waals surface area contributed by atoms with Gasteiger partial charge in [0, 0.05) is 19.6 Å². The molecular formula is C12H19IN2OS. The molecule has 17 heavy (non-hydrogen) atoms. The zero-order valence-corrected chi connectivity index (χ0v) is 12.9. The number of hydrogen-bond donors (Lipinski definition) is 1. The third-order valence-electron chi connectivity index (χ3n) is 2.88. The van der Waals surface area contributed by atoms with Crippen molar-refractivity contribution >= 4 is 33.9 Å². The van der Waals surface area contributed by atoms with Crippen molar-refractivity contribution in [2.24, 2.45) is 0 Å².